The van der Waals surface area contributed by atoms with Crippen molar-refractivity contribution in [2.45, 2.75) is 12.6 Å². The number of benzene rings is 1. The second-order valence-corrected chi connectivity index (χ2v) is 3.39. The van der Waals surface area contributed by atoms with E-state index in [-0.39, 0.29) is 6.10 Å². The third-order valence-corrected chi connectivity index (χ3v) is 2.44. The lowest BCUT2D eigenvalue weighted by Crippen LogP contribution is -2.08. The maximum absolute atomic E-state index is 5.59. The zero-order chi connectivity index (χ0) is 11.4. The molecule has 0 amide bonds. The topological polar surface area (TPSA) is 61.3 Å². The van der Waals surface area contributed by atoms with Gasteiger partial charge in [0.15, 0.2) is 12.2 Å². The maximum atomic E-state index is 5.59. The monoisotopic (exact) mass is 218 g/mol. The van der Waals surface area contributed by atoms with Crippen LogP contribution in [-0.4, -0.2) is 12.1 Å². The number of rotatable bonds is 4. The van der Waals surface area contributed by atoms with E-state index in [4.69, 9.17) is 14.9 Å². The van der Waals surface area contributed by atoms with E-state index in [0.29, 0.717) is 12.3 Å². The van der Waals surface area contributed by atoms with Gasteiger partial charge in [-0.3, -0.25) is 0 Å². The quantitative estimate of drug-likeness (QED) is 0.851. The smallest absolute Gasteiger partial charge is 0.181 e. The first-order chi connectivity index (χ1) is 7.86. The molecule has 0 saturated heterocycles. The van der Waals surface area contributed by atoms with Crippen molar-refractivity contribution in [3.8, 4) is 0 Å². The Bertz CT molecular complexity index is 439. The summed E-state index contributed by atoms with van der Waals surface area (Å²) >= 11 is 0. The minimum absolute atomic E-state index is 0.248. The second kappa shape index (κ2) is 4.92. The summed E-state index contributed by atoms with van der Waals surface area (Å²) in [5, 5.41) is 0. The molecule has 2 rings (SSSR count). The van der Waals surface area contributed by atoms with Crippen LogP contribution < -0.4 is 5.73 Å². The van der Waals surface area contributed by atoms with E-state index < -0.39 is 0 Å². The van der Waals surface area contributed by atoms with Gasteiger partial charge in [-0.25, -0.2) is 4.98 Å². The van der Waals surface area contributed by atoms with Crippen molar-refractivity contribution in [3.05, 3.63) is 53.7 Å². The van der Waals surface area contributed by atoms with Crippen molar-refractivity contribution >= 4 is 0 Å². The van der Waals surface area contributed by atoms with E-state index >= 15 is 0 Å². The molecule has 1 unspecified atom stereocenters. The minimum Gasteiger partial charge on any atom is -0.445 e. The van der Waals surface area contributed by atoms with Gasteiger partial charge in [0.25, 0.3) is 0 Å². The average Bonchev–Trinajstić information content (AvgIpc) is 2.80. The standard InChI is InChI=1S/C12H14N2O2/c1-15-11(9-5-3-2-4-6-9)12-10(7-13)14-8-16-12/h2-6,8,11H,7,13H2,1H3. The van der Waals surface area contributed by atoms with Crippen LogP contribution in [0, 0.1) is 0 Å². The second-order valence-electron chi connectivity index (χ2n) is 3.39. The first-order valence-corrected chi connectivity index (χ1v) is 5.07. The van der Waals surface area contributed by atoms with Gasteiger partial charge in [-0.15, -0.1) is 0 Å². The predicted octanol–water partition coefficient (Wildman–Crippen LogP) is 1.87. The molecular formula is C12H14N2O2. The molecular weight excluding hydrogens is 204 g/mol. The first kappa shape index (κ1) is 10.9. The highest BCUT2D eigenvalue weighted by atomic mass is 16.5. The van der Waals surface area contributed by atoms with Gasteiger partial charge in [0.05, 0.1) is 5.69 Å². The van der Waals surface area contributed by atoms with Gasteiger partial charge < -0.3 is 14.9 Å². The highest BCUT2D eigenvalue weighted by Gasteiger charge is 2.20. The summed E-state index contributed by atoms with van der Waals surface area (Å²) in [6.07, 6.45) is 1.15. The fourth-order valence-corrected chi connectivity index (χ4v) is 1.67. The molecule has 4 heteroatoms. The van der Waals surface area contributed by atoms with Gasteiger partial charge in [-0.2, -0.15) is 0 Å². The number of aromatic nitrogens is 1. The molecule has 1 aromatic heterocycles. The molecule has 0 aliphatic carbocycles. The Morgan fingerprint density at radius 3 is 2.75 bits per heavy atom. The number of nitrogens with two attached hydrogens (primary N) is 1. The number of nitrogens with zero attached hydrogens (tertiary/aromatic N) is 1. The predicted molar refractivity (Wildman–Crippen MR) is 59.7 cm³/mol. The van der Waals surface area contributed by atoms with Gasteiger partial charge in [0.1, 0.15) is 6.10 Å². The van der Waals surface area contributed by atoms with Crippen molar-refractivity contribution < 1.29 is 9.15 Å². The van der Waals surface area contributed by atoms with Crippen LogP contribution in [0.2, 0.25) is 0 Å². The minimum atomic E-state index is -0.248. The van der Waals surface area contributed by atoms with E-state index in [9.17, 15) is 0 Å². The Kier molecular flexibility index (Phi) is 3.34. The summed E-state index contributed by atoms with van der Waals surface area (Å²) in [6, 6.07) is 9.84. The number of ether oxygens (including phenoxy) is 1. The molecule has 84 valence electrons. The summed E-state index contributed by atoms with van der Waals surface area (Å²) in [5.41, 5.74) is 7.34. The number of hydrogen-bond donors (Lipinski definition) is 1. The van der Waals surface area contributed by atoms with Crippen LogP contribution in [0.3, 0.4) is 0 Å². The summed E-state index contributed by atoms with van der Waals surface area (Å²) in [4.78, 5) is 4.06. The Balaban J connectivity index is 2.37. The van der Waals surface area contributed by atoms with Crippen molar-refractivity contribution in [1.29, 1.82) is 0 Å². The molecule has 0 radical (unpaired) electrons. The van der Waals surface area contributed by atoms with E-state index in [0.717, 1.165) is 11.3 Å². The molecule has 0 aliphatic rings. The lowest BCUT2D eigenvalue weighted by Gasteiger charge is -2.13. The van der Waals surface area contributed by atoms with Gasteiger partial charge in [-0.05, 0) is 5.56 Å². The van der Waals surface area contributed by atoms with Gasteiger partial charge in [0, 0.05) is 13.7 Å². The van der Waals surface area contributed by atoms with Crippen LogP contribution in [0.1, 0.15) is 23.1 Å². The number of methoxy groups -OCH3 is 1. The molecule has 16 heavy (non-hydrogen) atoms. The van der Waals surface area contributed by atoms with Crippen LogP contribution >= 0.6 is 0 Å². The van der Waals surface area contributed by atoms with Crippen LogP contribution in [0.25, 0.3) is 0 Å². The van der Waals surface area contributed by atoms with E-state index in [1.807, 2.05) is 30.3 Å². The van der Waals surface area contributed by atoms with Gasteiger partial charge >= 0.3 is 0 Å². The summed E-state index contributed by atoms with van der Waals surface area (Å²) < 4.78 is 10.8. The fourth-order valence-electron chi connectivity index (χ4n) is 1.67. The van der Waals surface area contributed by atoms with Gasteiger partial charge in [0.2, 0.25) is 0 Å². The molecule has 0 saturated carbocycles. The molecule has 1 atom stereocenters. The Hall–Kier alpha value is -1.65. The molecule has 1 aromatic carbocycles. The zero-order valence-corrected chi connectivity index (χ0v) is 9.09. The third kappa shape index (κ3) is 1.98. The highest BCUT2D eigenvalue weighted by Crippen LogP contribution is 2.27. The SMILES string of the molecule is COC(c1ccccc1)c1ocnc1CN. The maximum Gasteiger partial charge on any atom is 0.181 e. The lowest BCUT2D eigenvalue weighted by molar-refractivity contribution is 0.115. The fraction of sp³-hybridized carbons (Fsp3) is 0.250. The van der Waals surface area contributed by atoms with E-state index in [1.165, 1.54) is 6.39 Å². The number of hydrogen-bond acceptors (Lipinski definition) is 4. The van der Waals surface area contributed by atoms with Crippen LogP contribution in [0.4, 0.5) is 0 Å². The largest absolute Gasteiger partial charge is 0.445 e. The third-order valence-electron chi connectivity index (χ3n) is 2.44. The summed E-state index contributed by atoms with van der Waals surface area (Å²) in [7, 11) is 1.64. The molecule has 4 nitrogen and oxygen atoms in total. The first-order valence-electron chi connectivity index (χ1n) is 5.07. The number of oxazole rings is 1. The van der Waals surface area contributed by atoms with E-state index in [2.05, 4.69) is 4.98 Å². The van der Waals surface area contributed by atoms with Crippen LogP contribution in [0.5, 0.6) is 0 Å². The van der Waals surface area contributed by atoms with Crippen LogP contribution in [0.15, 0.2) is 41.1 Å². The Labute approximate surface area is 94.1 Å². The average molecular weight is 218 g/mol. The van der Waals surface area contributed by atoms with Crippen molar-refractivity contribution in [2.75, 3.05) is 7.11 Å². The molecule has 0 fully saturated rings. The van der Waals surface area contributed by atoms with Crippen LogP contribution in [-0.2, 0) is 11.3 Å². The molecule has 2 aromatic rings. The van der Waals surface area contributed by atoms with Crippen molar-refractivity contribution in [2.24, 2.45) is 5.73 Å². The summed E-state index contributed by atoms with van der Waals surface area (Å²) in [6.45, 7) is 0.346. The molecule has 0 bridgehead atoms. The normalized spacial score (nSPS) is 12.6. The Morgan fingerprint density at radius 2 is 2.12 bits per heavy atom. The lowest BCUT2D eigenvalue weighted by atomic mass is 10.1. The van der Waals surface area contributed by atoms with Gasteiger partial charge in [-0.1, -0.05) is 30.3 Å². The molecule has 1 heterocycles. The Morgan fingerprint density at radius 1 is 1.38 bits per heavy atom. The van der Waals surface area contributed by atoms with Crippen molar-refractivity contribution in [1.82, 2.24) is 4.98 Å². The molecule has 2 N–H and O–H groups in total. The molecule has 0 aliphatic heterocycles. The zero-order valence-electron chi connectivity index (χ0n) is 9.09. The summed E-state index contributed by atoms with van der Waals surface area (Å²) in [5.74, 6) is 0.677. The van der Waals surface area contributed by atoms with E-state index in [1.54, 1.807) is 7.11 Å². The van der Waals surface area contributed by atoms with Crippen molar-refractivity contribution in [3.63, 3.8) is 0 Å². The molecule has 0 spiro atoms. The highest BCUT2D eigenvalue weighted by molar-refractivity contribution is 5.26.